The average molecular weight is 263 g/mol. The highest BCUT2D eigenvalue weighted by atomic mass is 14.6. The fourth-order valence-electron chi connectivity index (χ4n) is 2.48. The van der Waals surface area contributed by atoms with E-state index in [0.717, 1.165) is 18.2 Å². The molecular weight excluding hydrogens is 246 g/mol. The number of aromatic nitrogens is 2. The Hall–Kier alpha value is -2.26. The summed E-state index contributed by atoms with van der Waals surface area (Å²) in [5, 5.41) is 2.34. The number of nitrogens with two attached hydrogens (primary N) is 1. The van der Waals surface area contributed by atoms with E-state index in [0.29, 0.717) is 0 Å². The molecule has 3 heteroatoms. The van der Waals surface area contributed by atoms with Crippen LogP contribution in [0.2, 0.25) is 0 Å². The van der Waals surface area contributed by atoms with Gasteiger partial charge in [-0.1, -0.05) is 24.3 Å². The monoisotopic (exact) mass is 263 g/mol. The summed E-state index contributed by atoms with van der Waals surface area (Å²) in [6.45, 7) is 0. The van der Waals surface area contributed by atoms with Crippen molar-refractivity contribution in [3.63, 3.8) is 0 Å². The molecule has 1 unspecified atom stereocenters. The summed E-state index contributed by atoms with van der Waals surface area (Å²) in [5.41, 5.74) is 8.75. The third-order valence-corrected chi connectivity index (χ3v) is 3.58. The molecule has 0 aliphatic rings. The third kappa shape index (κ3) is 2.68. The minimum atomic E-state index is 0.0168. The molecule has 0 amide bonds. The molecule has 1 atom stereocenters. The molecule has 100 valence electrons. The number of hydrogen-bond acceptors (Lipinski definition) is 3. The van der Waals surface area contributed by atoms with Crippen molar-refractivity contribution in [1.29, 1.82) is 0 Å². The lowest BCUT2D eigenvalue weighted by Gasteiger charge is -2.14. The average Bonchev–Trinajstić information content (AvgIpc) is 2.53. The molecule has 0 saturated heterocycles. The van der Waals surface area contributed by atoms with E-state index in [4.69, 9.17) is 5.73 Å². The van der Waals surface area contributed by atoms with Crippen LogP contribution in [0.4, 0.5) is 0 Å². The van der Waals surface area contributed by atoms with Crippen molar-refractivity contribution >= 4 is 10.8 Å². The minimum absolute atomic E-state index is 0.0168. The standard InChI is InChI=1S/C17H17N3/c18-17(7-6-13-3-2-9-19-11-13)15-5-1-4-14-8-10-20-12-16(14)15/h1-5,8-12,17H,6-7,18H2. The lowest BCUT2D eigenvalue weighted by molar-refractivity contribution is 0.654. The van der Waals surface area contributed by atoms with Gasteiger partial charge >= 0.3 is 0 Å². The molecule has 3 rings (SSSR count). The first-order chi connectivity index (χ1) is 9.84. The summed E-state index contributed by atoms with van der Waals surface area (Å²) in [7, 11) is 0. The van der Waals surface area contributed by atoms with Crippen LogP contribution in [-0.2, 0) is 6.42 Å². The van der Waals surface area contributed by atoms with Gasteiger partial charge in [0.2, 0.25) is 0 Å². The van der Waals surface area contributed by atoms with E-state index < -0.39 is 0 Å². The van der Waals surface area contributed by atoms with E-state index in [9.17, 15) is 0 Å². The van der Waals surface area contributed by atoms with Crippen molar-refractivity contribution in [2.45, 2.75) is 18.9 Å². The van der Waals surface area contributed by atoms with Crippen LogP contribution in [0.5, 0.6) is 0 Å². The van der Waals surface area contributed by atoms with Crippen molar-refractivity contribution in [1.82, 2.24) is 9.97 Å². The van der Waals surface area contributed by atoms with Gasteiger partial charge in [0.25, 0.3) is 0 Å². The van der Waals surface area contributed by atoms with Crippen LogP contribution in [0.3, 0.4) is 0 Å². The molecule has 2 N–H and O–H groups in total. The van der Waals surface area contributed by atoms with Crippen LogP contribution in [0.1, 0.15) is 23.6 Å². The van der Waals surface area contributed by atoms with Crippen molar-refractivity contribution in [2.75, 3.05) is 0 Å². The van der Waals surface area contributed by atoms with Gasteiger partial charge in [-0.05, 0) is 41.5 Å². The molecule has 2 heterocycles. The Bertz CT molecular complexity index is 689. The van der Waals surface area contributed by atoms with E-state index in [-0.39, 0.29) is 6.04 Å². The minimum Gasteiger partial charge on any atom is -0.324 e. The molecule has 3 nitrogen and oxygen atoms in total. The van der Waals surface area contributed by atoms with E-state index in [1.807, 2.05) is 30.7 Å². The van der Waals surface area contributed by atoms with Gasteiger partial charge in [-0.3, -0.25) is 9.97 Å². The van der Waals surface area contributed by atoms with Gasteiger partial charge in [0.05, 0.1) is 0 Å². The van der Waals surface area contributed by atoms with Gasteiger partial charge in [-0.2, -0.15) is 0 Å². The molecule has 0 spiro atoms. The maximum atomic E-state index is 6.36. The second kappa shape index (κ2) is 5.80. The van der Waals surface area contributed by atoms with E-state index in [1.54, 1.807) is 6.20 Å². The van der Waals surface area contributed by atoms with Crippen LogP contribution in [0.15, 0.2) is 61.2 Å². The summed E-state index contributed by atoms with van der Waals surface area (Å²) in [6.07, 6.45) is 9.24. The van der Waals surface area contributed by atoms with Crippen molar-refractivity contribution in [3.05, 3.63) is 72.3 Å². The zero-order valence-corrected chi connectivity index (χ0v) is 11.2. The van der Waals surface area contributed by atoms with E-state index >= 15 is 0 Å². The zero-order chi connectivity index (χ0) is 13.8. The van der Waals surface area contributed by atoms with Crippen molar-refractivity contribution in [2.24, 2.45) is 5.73 Å². The van der Waals surface area contributed by atoms with E-state index in [1.165, 1.54) is 16.5 Å². The Morgan fingerprint density at radius 3 is 2.70 bits per heavy atom. The molecule has 3 aromatic rings. The molecule has 0 fully saturated rings. The molecule has 1 aromatic carbocycles. The number of pyridine rings is 2. The molecule has 0 radical (unpaired) electrons. The predicted octanol–water partition coefficient (Wildman–Crippen LogP) is 3.26. The molecule has 0 aliphatic heterocycles. The number of hydrogen-bond donors (Lipinski definition) is 1. The number of nitrogens with zero attached hydrogens (tertiary/aromatic N) is 2. The van der Waals surface area contributed by atoms with Gasteiger partial charge in [-0.15, -0.1) is 0 Å². The van der Waals surface area contributed by atoms with Crippen molar-refractivity contribution < 1.29 is 0 Å². The Kier molecular flexibility index (Phi) is 3.70. The van der Waals surface area contributed by atoms with Crippen LogP contribution in [0, 0.1) is 0 Å². The Balaban J connectivity index is 1.80. The highest BCUT2D eigenvalue weighted by Gasteiger charge is 2.10. The largest absolute Gasteiger partial charge is 0.324 e. The predicted molar refractivity (Wildman–Crippen MR) is 81.2 cm³/mol. The first-order valence-electron chi connectivity index (χ1n) is 6.82. The fourth-order valence-corrected chi connectivity index (χ4v) is 2.48. The molecule has 2 aromatic heterocycles. The van der Waals surface area contributed by atoms with Gasteiger partial charge < -0.3 is 5.73 Å². The normalized spacial score (nSPS) is 12.4. The zero-order valence-electron chi connectivity index (χ0n) is 11.2. The number of rotatable bonds is 4. The first kappa shape index (κ1) is 12.8. The number of fused-ring (bicyclic) bond motifs is 1. The summed E-state index contributed by atoms with van der Waals surface area (Å²) >= 11 is 0. The van der Waals surface area contributed by atoms with Gasteiger partial charge in [0.1, 0.15) is 0 Å². The highest BCUT2D eigenvalue weighted by Crippen LogP contribution is 2.24. The number of aryl methyl sites for hydroxylation is 1. The lowest BCUT2D eigenvalue weighted by Crippen LogP contribution is -2.12. The van der Waals surface area contributed by atoms with Crippen LogP contribution >= 0.6 is 0 Å². The third-order valence-electron chi connectivity index (χ3n) is 3.58. The summed E-state index contributed by atoms with van der Waals surface area (Å²) in [4.78, 5) is 8.34. The van der Waals surface area contributed by atoms with Gasteiger partial charge in [0.15, 0.2) is 0 Å². The highest BCUT2D eigenvalue weighted by molar-refractivity contribution is 5.85. The van der Waals surface area contributed by atoms with E-state index in [2.05, 4.69) is 34.2 Å². The Labute approximate surface area is 118 Å². The van der Waals surface area contributed by atoms with Crippen LogP contribution in [-0.4, -0.2) is 9.97 Å². The fraction of sp³-hybridized carbons (Fsp3) is 0.176. The van der Waals surface area contributed by atoms with Crippen LogP contribution < -0.4 is 5.73 Å². The lowest BCUT2D eigenvalue weighted by atomic mass is 9.96. The Morgan fingerprint density at radius 1 is 0.950 bits per heavy atom. The van der Waals surface area contributed by atoms with Crippen molar-refractivity contribution in [3.8, 4) is 0 Å². The summed E-state index contributed by atoms with van der Waals surface area (Å²) in [6, 6.07) is 12.3. The molecule has 0 bridgehead atoms. The topological polar surface area (TPSA) is 51.8 Å². The van der Waals surface area contributed by atoms with Gasteiger partial charge in [0, 0.05) is 36.2 Å². The maximum absolute atomic E-state index is 6.36. The molecule has 20 heavy (non-hydrogen) atoms. The first-order valence-corrected chi connectivity index (χ1v) is 6.82. The second-order valence-electron chi connectivity index (χ2n) is 4.95. The molecular formula is C17H17N3. The van der Waals surface area contributed by atoms with Crippen LogP contribution in [0.25, 0.3) is 10.8 Å². The molecule has 0 aliphatic carbocycles. The van der Waals surface area contributed by atoms with Gasteiger partial charge in [-0.25, -0.2) is 0 Å². The summed E-state index contributed by atoms with van der Waals surface area (Å²) in [5.74, 6) is 0. The smallest absolute Gasteiger partial charge is 0.0349 e. The SMILES string of the molecule is NC(CCc1cccnc1)c1cccc2ccncc12. The number of benzene rings is 1. The summed E-state index contributed by atoms with van der Waals surface area (Å²) < 4.78 is 0. The quantitative estimate of drug-likeness (QED) is 0.786. The Morgan fingerprint density at radius 2 is 1.85 bits per heavy atom. The second-order valence-corrected chi connectivity index (χ2v) is 4.95. The molecule has 0 saturated carbocycles. The maximum Gasteiger partial charge on any atom is 0.0349 e.